The molecule has 0 spiro atoms. The summed E-state index contributed by atoms with van der Waals surface area (Å²) in [7, 11) is 0. The summed E-state index contributed by atoms with van der Waals surface area (Å²) in [5.74, 6) is 0.530. The highest BCUT2D eigenvalue weighted by Gasteiger charge is 2.05. The van der Waals surface area contributed by atoms with Crippen LogP contribution in [0.4, 0.5) is 0 Å². The standard InChI is InChI=1S/C15H16N2OS/c1-2-3-9-13(18)11-19-15-16-10-14(17-15)12-7-5-4-6-8-12/h3-10H,2,11H2,1H3,(H,16,17)/b9-3+. The molecule has 0 unspecified atom stereocenters. The SMILES string of the molecule is CC/C=C/C(=O)CSc1ncc(-c2ccccc2)[nH]1. The van der Waals surface area contributed by atoms with Crippen molar-refractivity contribution in [2.75, 3.05) is 5.75 Å². The average Bonchev–Trinajstić information content (AvgIpc) is 2.93. The van der Waals surface area contributed by atoms with E-state index in [0.29, 0.717) is 5.75 Å². The van der Waals surface area contributed by atoms with Crippen molar-refractivity contribution < 1.29 is 4.79 Å². The van der Waals surface area contributed by atoms with Gasteiger partial charge in [0, 0.05) is 0 Å². The van der Waals surface area contributed by atoms with Crippen molar-refractivity contribution in [2.45, 2.75) is 18.5 Å². The fourth-order valence-corrected chi connectivity index (χ4v) is 2.26. The Morgan fingerprint density at radius 1 is 1.37 bits per heavy atom. The molecule has 0 bridgehead atoms. The number of nitrogens with one attached hydrogen (secondary N) is 1. The van der Waals surface area contributed by atoms with E-state index in [-0.39, 0.29) is 5.78 Å². The monoisotopic (exact) mass is 272 g/mol. The number of hydrogen-bond donors (Lipinski definition) is 1. The third-order valence-electron chi connectivity index (χ3n) is 2.53. The lowest BCUT2D eigenvalue weighted by Gasteiger charge is -1.96. The molecule has 0 aliphatic rings. The summed E-state index contributed by atoms with van der Waals surface area (Å²) in [6, 6.07) is 10.0. The van der Waals surface area contributed by atoms with Crippen LogP contribution in [0.15, 0.2) is 53.8 Å². The molecule has 0 aliphatic carbocycles. The molecule has 3 nitrogen and oxygen atoms in total. The molecule has 1 aromatic heterocycles. The largest absolute Gasteiger partial charge is 0.333 e. The van der Waals surface area contributed by atoms with E-state index >= 15 is 0 Å². The maximum absolute atomic E-state index is 11.5. The lowest BCUT2D eigenvalue weighted by atomic mass is 10.2. The van der Waals surface area contributed by atoms with Crippen molar-refractivity contribution >= 4 is 17.5 Å². The Morgan fingerprint density at radius 2 is 2.16 bits per heavy atom. The van der Waals surface area contributed by atoms with Gasteiger partial charge in [-0.15, -0.1) is 0 Å². The zero-order valence-electron chi connectivity index (χ0n) is 10.8. The van der Waals surface area contributed by atoms with Crippen LogP contribution in [-0.2, 0) is 4.79 Å². The number of carbonyl (C=O) groups is 1. The number of nitrogens with zero attached hydrogens (tertiary/aromatic N) is 1. The number of hydrogen-bond acceptors (Lipinski definition) is 3. The molecule has 0 saturated heterocycles. The summed E-state index contributed by atoms with van der Waals surface area (Å²) in [4.78, 5) is 19.0. The van der Waals surface area contributed by atoms with Crippen molar-refractivity contribution in [1.82, 2.24) is 9.97 Å². The fraction of sp³-hybridized carbons (Fsp3) is 0.200. The quantitative estimate of drug-likeness (QED) is 0.644. The first-order chi connectivity index (χ1) is 9.29. The number of aromatic amines is 1. The molecular weight excluding hydrogens is 256 g/mol. The molecule has 1 heterocycles. The number of benzene rings is 1. The number of H-pyrrole nitrogens is 1. The molecule has 0 saturated carbocycles. The van der Waals surface area contributed by atoms with Gasteiger partial charge in [-0.25, -0.2) is 4.98 Å². The van der Waals surface area contributed by atoms with Crippen LogP contribution in [0.25, 0.3) is 11.3 Å². The van der Waals surface area contributed by atoms with Gasteiger partial charge in [0.15, 0.2) is 10.9 Å². The molecule has 2 rings (SSSR count). The van der Waals surface area contributed by atoms with Gasteiger partial charge in [-0.05, 0) is 18.1 Å². The summed E-state index contributed by atoms with van der Waals surface area (Å²) < 4.78 is 0. The molecule has 1 aromatic carbocycles. The van der Waals surface area contributed by atoms with Gasteiger partial charge in [0.2, 0.25) is 0 Å². The van der Waals surface area contributed by atoms with Crippen LogP contribution in [0, 0.1) is 0 Å². The molecule has 19 heavy (non-hydrogen) atoms. The molecule has 0 radical (unpaired) electrons. The van der Waals surface area contributed by atoms with Gasteiger partial charge in [0.25, 0.3) is 0 Å². The number of thioether (sulfide) groups is 1. The Balaban J connectivity index is 1.95. The second kappa shape index (κ2) is 6.95. The van der Waals surface area contributed by atoms with E-state index in [1.54, 1.807) is 12.3 Å². The number of allylic oxidation sites excluding steroid dienone is 2. The van der Waals surface area contributed by atoms with E-state index in [1.807, 2.05) is 43.3 Å². The highest BCUT2D eigenvalue weighted by molar-refractivity contribution is 7.99. The Bertz CT molecular complexity index is 561. The first kappa shape index (κ1) is 13.6. The van der Waals surface area contributed by atoms with Gasteiger partial charge in [-0.1, -0.05) is 55.1 Å². The Kier molecular flexibility index (Phi) is 4.98. The Hall–Kier alpha value is -1.81. The Labute approximate surface area is 117 Å². The van der Waals surface area contributed by atoms with Crippen molar-refractivity contribution in [1.29, 1.82) is 0 Å². The second-order valence-corrected chi connectivity index (χ2v) is 5.00. The van der Waals surface area contributed by atoms with Gasteiger partial charge in [0.1, 0.15) is 0 Å². The van der Waals surface area contributed by atoms with E-state index in [4.69, 9.17) is 0 Å². The van der Waals surface area contributed by atoms with E-state index in [1.165, 1.54) is 11.8 Å². The van der Waals surface area contributed by atoms with Crippen LogP contribution in [0.3, 0.4) is 0 Å². The predicted molar refractivity (Wildman–Crippen MR) is 79.2 cm³/mol. The third kappa shape index (κ3) is 4.10. The molecule has 0 atom stereocenters. The first-order valence-corrected chi connectivity index (χ1v) is 7.20. The minimum absolute atomic E-state index is 0.115. The fourth-order valence-electron chi connectivity index (χ4n) is 1.58. The summed E-state index contributed by atoms with van der Waals surface area (Å²) >= 11 is 1.43. The summed E-state index contributed by atoms with van der Waals surface area (Å²) in [6.07, 6.45) is 6.19. The van der Waals surface area contributed by atoms with Gasteiger partial charge in [-0.2, -0.15) is 0 Å². The van der Waals surface area contributed by atoms with Crippen LogP contribution in [0.1, 0.15) is 13.3 Å². The van der Waals surface area contributed by atoms with E-state index in [9.17, 15) is 4.79 Å². The van der Waals surface area contributed by atoms with Gasteiger partial charge < -0.3 is 4.98 Å². The molecular formula is C15H16N2OS. The molecule has 1 N–H and O–H groups in total. The van der Waals surface area contributed by atoms with Crippen LogP contribution in [-0.4, -0.2) is 21.5 Å². The van der Waals surface area contributed by atoms with E-state index in [0.717, 1.165) is 22.8 Å². The highest BCUT2D eigenvalue weighted by Crippen LogP contribution is 2.21. The maximum atomic E-state index is 11.5. The molecule has 98 valence electrons. The molecule has 0 fully saturated rings. The third-order valence-corrected chi connectivity index (χ3v) is 3.44. The predicted octanol–water partition coefficient (Wildman–Crippen LogP) is 3.70. The number of rotatable bonds is 6. The minimum atomic E-state index is 0.115. The highest BCUT2D eigenvalue weighted by atomic mass is 32.2. The Morgan fingerprint density at radius 3 is 2.89 bits per heavy atom. The number of aromatic nitrogens is 2. The summed E-state index contributed by atoms with van der Waals surface area (Å²) in [5.41, 5.74) is 2.07. The number of ketones is 1. The van der Waals surface area contributed by atoms with Crippen LogP contribution >= 0.6 is 11.8 Å². The summed E-state index contributed by atoms with van der Waals surface area (Å²) in [6.45, 7) is 2.01. The zero-order valence-corrected chi connectivity index (χ0v) is 11.6. The first-order valence-electron chi connectivity index (χ1n) is 6.22. The maximum Gasteiger partial charge on any atom is 0.166 e. The lowest BCUT2D eigenvalue weighted by molar-refractivity contribution is -0.112. The van der Waals surface area contributed by atoms with Crippen molar-refractivity contribution in [3.05, 3.63) is 48.7 Å². The smallest absolute Gasteiger partial charge is 0.166 e. The second-order valence-electron chi connectivity index (χ2n) is 4.03. The van der Waals surface area contributed by atoms with Crippen molar-refractivity contribution in [3.63, 3.8) is 0 Å². The minimum Gasteiger partial charge on any atom is -0.333 e. The van der Waals surface area contributed by atoms with Gasteiger partial charge >= 0.3 is 0 Å². The average molecular weight is 272 g/mol. The van der Waals surface area contributed by atoms with Crippen LogP contribution < -0.4 is 0 Å². The molecule has 0 amide bonds. The van der Waals surface area contributed by atoms with E-state index < -0.39 is 0 Å². The topological polar surface area (TPSA) is 45.8 Å². The summed E-state index contributed by atoms with van der Waals surface area (Å²) in [5, 5.41) is 0.775. The molecule has 4 heteroatoms. The molecule has 0 aliphatic heterocycles. The zero-order chi connectivity index (χ0) is 13.5. The van der Waals surface area contributed by atoms with Gasteiger partial charge in [-0.3, -0.25) is 4.79 Å². The number of carbonyl (C=O) groups excluding carboxylic acids is 1. The van der Waals surface area contributed by atoms with E-state index in [2.05, 4.69) is 9.97 Å². The lowest BCUT2D eigenvalue weighted by Crippen LogP contribution is -1.96. The van der Waals surface area contributed by atoms with Gasteiger partial charge in [0.05, 0.1) is 17.6 Å². The van der Waals surface area contributed by atoms with Crippen LogP contribution in [0.5, 0.6) is 0 Å². The van der Waals surface area contributed by atoms with Crippen LogP contribution in [0.2, 0.25) is 0 Å². The normalized spacial score (nSPS) is 11.0. The van der Waals surface area contributed by atoms with Crippen molar-refractivity contribution in [3.8, 4) is 11.3 Å². The molecule has 2 aromatic rings. The number of imidazole rings is 1. The van der Waals surface area contributed by atoms with Crippen molar-refractivity contribution in [2.24, 2.45) is 0 Å².